The largest absolute Gasteiger partial charge is 0.475 e. The molecule has 0 fully saturated rings. The third kappa shape index (κ3) is 4.32. The van der Waals surface area contributed by atoms with E-state index in [9.17, 15) is 14.4 Å². The molecule has 0 bridgehead atoms. The molecular weight excluding hydrogens is 378 g/mol. The molecule has 10 nitrogen and oxygen atoms in total. The van der Waals surface area contributed by atoms with Crippen LogP contribution in [0, 0.1) is 0 Å². The maximum Gasteiger partial charge on any atom is 0.332 e. The molecule has 0 aliphatic rings. The first-order chi connectivity index (χ1) is 13.9. The lowest BCUT2D eigenvalue weighted by Crippen LogP contribution is -2.37. The maximum atomic E-state index is 12.4. The summed E-state index contributed by atoms with van der Waals surface area (Å²) < 4.78 is 12.5. The zero-order valence-electron chi connectivity index (χ0n) is 16.3. The Morgan fingerprint density at radius 3 is 2.59 bits per heavy atom. The first-order valence-electron chi connectivity index (χ1n) is 8.84. The molecule has 1 N–H and O–H groups in total. The van der Waals surface area contributed by atoms with Crippen LogP contribution in [-0.4, -0.2) is 45.3 Å². The topological polar surface area (TPSA) is 117 Å². The van der Waals surface area contributed by atoms with Gasteiger partial charge in [0, 0.05) is 40.0 Å². The van der Waals surface area contributed by atoms with Crippen LogP contribution < -0.4 is 21.3 Å². The van der Waals surface area contributed by atoms with E-state index >= 15 is 0 Å². The van der Waals surface area contributed by atoms with Crippen molar-refractivity contribution < 1.29 is 14.3 Å². The maximum absolute atomic E-state index is 12.4. The molecule has 152 valence electrons. The summed E-state index contributed by atoms with van der Waals surface area (Å²) in [5, 5.41) is 3.00. The highest BCUT2D eigenvalue weighted by atomic mass is 16.5. The number of nitrogens with one attached hydrogen (secondary N) is 1. The van der Waals surface area contributed by atoms with Gasteiger partial charge in [0.2, 0.25) is 5.88 Å². The van der Waals surface area contributed by atoms with Gasteiger partial charge in [-0.15, -0.1) is 0 Å². The van der Waals surface area contributed by atoms with Crippen LogP contribution >= 0.6 is 0 Å². The second-order valence-corrected chi connectivity index (χ2v) is 6.30. The quantitative estimate of drug-likeness (QED) is 0.555. The second-order valence-electron chi connectivity index (χ2n) is 6.30. The first kappa shape index (κ1) is 20.2. The Balaban J connectivity index is 1.72. The van der Waals surface area contributed by atoms with E-state index in [1.165, 1.54) is 30.8 Å². The standard InChI is InChI=1S/C19H21N5O5/c1-23-16-13(18(26)24(2)19(23)27)5-6-14(22-16)17(25)21-11-12-4-7-15(20-10-12)29-9-8-28-3/h4-7,10H,8-9,11H2,1-3H3,(H,21,25). The number of aryl methyl sites for hydroxylation is 1. The van der Waals surface area contributed by atoms with Gasteiger partial charge >= 0.3 is 5.69 Å². The number of carbonyl (C=O) groups is 1. The lowest BCUT2D eigenvalue weighted by atomic mass is 10.2. The van der Waals surface area contributed by atoms with Gasteiger partial charge in [-0.1, -0.05) is 6.07 Å². The molecule has 3 rings (SSSR count). The summed E-state index contributed by atoms with van der Waals surface area (Å²) >= 11 is 0. The van der Waals surface area contributed by atoms with Crippen LogP contribution in [0.3, 0.4) is 0 Å². The zero-order chi connectivity index (χ0) is 21.0. The zero-order valence-corrected chi connectivity index (χ0v) is 16.3. The monoisotopic (exact) mass is 399 g/mol. The Kier molecular flexibility index (Phi) is 6.03. The predicted molar refractivity (Wildman–Crippen MR) is 105 cm³/mol. The molecule has 0 unspecified atom stereocenters. The fourth-order valence-corrected chi connectivity index (χ4v) is 2.68. The van der Waals surface area contributed by atoms with Gasteiger partial charge in [0.15, 0.2) is 0 Å². The number of ether oxygens (including phenoxy) is 2. The van der Waals surface area contributed by atoms with Gasteiger partial charge in [-0.3, -0.25) is 18.7 Å². The average Bonchev–Trinajstić information content (AvgIpc) is 2.75. The number of carbonyl (C=O) groups excluding carboxylic acids is 1. The highest BCUT2D eigenvalue weighted by Crippen LogP contribution is 2.09. The Hall–Kier alpha value is -3.53. The van der Waals surface area contributed by atoms with Crippen molar-refractivity contribution in [1.82, 2.24) is 24.4 Å². The van der Waals surface area contributed by atoms with Crippen molar-refractivity contribution in [3.8, 4) is 5.88 Å². The molecular formula is C19H21N5O5. The van der Waals surface area contributed by atoms with Gasteiger partial charge in [0.1, 0.15) is 17.9 Å². The molecule has 0 radical (unpaired) electrons. The first-order valence-corrected chi connectivity index (χ1v) is 8.84. The molecule has 0 atom stereocenters. The minimum absolute atomic E-state index is 0.105. The van der Waals surface area contributed by atoms with E-state index in [0.717, 1.165) is 10.1 Å². The summed E-state index contributed by atoms with van der Waals surface area (Å²) in [6.07, 6.45) is 1.60. The van der Waals surface area contributed by atoms with Gasteiger partial charge in [-0.2, -0.15) is 0 Å². The van der Waals surface area contributed by atoms with Crippen LogP contribution in [0.2, 0.25) is 0 Å². The van der Waals surface area contributed by atoms with Crippen molar-refractivity contribution in [2.24, 2.45) is 14.1 Å². The van der Waals surface area contributed by atoms with E-state index < -0.39 is 17.2 Å². The van der Waals surface area contributed by atoms with Crippen molar-refractivity contribution >= 4 is 16.9 Å². The number of nitrogens with zero attached hydrogens (tertiary/aromatic N) is 4. The van der Waals surface area contributed by atoms with Crippen LogP contribution in [0.4, 0.5) is 0 Å². The normalized spacial score (nSPS) is 10.9. The van der Waals surface area contributed by atoms with E-state index in [1.54, 1.807) is 25.4 Å². The Morgan fingerprint density at radius 1 is 1.10 bits per heavy atom. The van der Waals surface area contributed by atoms with Gasteiger partial charge in [0.25, 0.3) is 11.5 Å². The predicted octanol–water partition coefficient (Wildman–Crippen LogP) is -0.0176. The number of fused-ring (bicyclic) bond motifs is 1. The molecule has 3 heterocycles. The van der Waals surface area contributed by atoms with E-state index in [0.29, 0.717) is 19.1 Å². The lowest BCUT2D eigenvalue weighted by molar-refractivity contribution is 0.0946. The third-order valence-electron chi connectivity index (χ3n) is 4.32. The van der Waals surface area contributed by atoms with Gasteiger partial charge in [-0.05, 0) is 17.7 Å². The van der Waals surface area contributed by atoms with E-state index in [2.05, 4.69) is 15.3 Å². The minimum atomic E-state index is -0.508. The van der Waals surface area contributed by atoms with Crippen molar-refractivity contribution in [2.45, 2.75) is 6.54 Å². The van der Waals surface area contributed by atoms with E-state index in [-0.39, 0.29) is 23.3 Å². The number of rotatable bonds is 7. The summed E-state index contributed by atoms with van der Waals surface area (Å²) in [7, 11) is 4.49. The molecule has 0 aromatic carbocycles. The summed E-state index contributed by atoms with van der Waals surface area (Å²) in [5.41, 5.74) is 0.0746. The molecule has 3 aromatic rings. The number of aromatic nitrogens is 4. The second kappa shape index (κ2) is 8.65. The number of pyridine rings is 2. The number of amides is 1. The lowest BCUT2D eigenvalue weighted by Gasteiger charge is -2.09. The van der Waals surface area contributed by atoms with E-state index in [4.69, 9.17) is 9.47 Å². The van der Waals surface area contributed by atoms with Crippen LogP contribution in [0.25, 0.3) is 11.0 Å². The van der Waals surface area contributed by atoms with Crippen molar-refractivity contribution in [3.63, 3.8) is 0 Å². The van der Waals surface area contributed by atoms with Crippen LogP contribution in [-0.2, 0) is 25.4 Å². The minimum Gasteiger partial charge on any atom is -0.475 e. The van der Waals surface area contributed by atoms with Crippen LogP contribution in [0.5, 0.6) is 5.88 Å². The van der Waals surface area contributed by atoms with Crippen LogP contribution in [0.1, 0.15) is 16.1 Å². The smallest absolute Gasteiger partial charge is 0.332 e. The van der Waals surface area contributed by atoms with Crippen molar-refractivity contribution in [2.75, 3.05) is 20.3 Å². The summed E-state index contributed by atoms with van der Waals surface area (Å²) in [5.74, 6) is 0.0382. The molecule has 0 aliphatic heterocycles. The fourth-order valence-electron chi connectivity index (χ4n) is 2.68. The fraction of sp³-hybridized carbons (Fsp3) is 0.316. The van der Waals surface area contributed by atoms with Crippen LogP contribution in [0.15, 0.2) is 40.1 Å². The van der Waals surface area contributed by atoms with Gasteiger partial charge < -0.3 is 14.8 Å². The summed E-state index contributed by atoms with van der Waals surface area (Å²) in [4.78, 5) is 45.1. The SMILES string of the molecule is COCCOc1ccc(CNC(=O)c2ccc3c(=O)n(C)c(=O)n(C)c3n2)cn1. The van der Waals surface area contributed by atoms with Crippen molar-refractivity contribution in [1.29, 1.82) is 0 Å². The molecule has 29 heavy (non-hydrogen) atoms. The summed E-state index contributed by atoms with van der Waals surface area (Å²) in [6.45, 7) is 1.11. The highest BCUT2D eigenvalue weighted by Gasteiger charge is 2.13. The molecule has 0 saturated carbocycles. The van der Waals surface area contributed by atoms with E-state index in [1.807, 2.05) is 0 Å². The molecule has 3 aromatic heterocycles. The molecule has 1 amide bonds. The van der Waals surface area contributed by atoms with Gasteiger partial charge in [-0.25, -0.2) is 14.8 Å². The number of hydrogen-bond donors (Lipinski definition) is 1. The number of methoxy groups -OCH3 is 1. The highest BCUT2D eigenvalue weighted by molar-refractivity contribution is 5.94. The third-order valence-corrected chi connectivity index (χ3v) is 4.32. The Bertz CT molecular complexity index is 1150. The van der Waals surface area contributed by atoms with Gasteiger partial charge in [0.05, 0.1) is 12.0 Å². The molecule has 0 aliphatic carbocycles. The number of hydrogen-bond acceptors (Lipinski definition) is 7. The Labute approximate surface area is 165 Å². The Morgan fingerprint density at radius 2 is 1.90 bits per heavy atom. The summed E-state index contributed by atoms with van der Waals surface area (Å²) in [6, 6.07) is 6.44. The molecule has 0 spiro atoms. The average molecular weight is 399 g/mol. The molecule has 0 saturated heterocycles. The van der Waals surface area contributed by atoms with Crippen molar-refractivity contribution in [3.05, 3.63) is 62.6 Å². The molecule has 10 heteroatoms.